The Bertz CT molecular complexity index is 834. The molecule has 1 aromatic heterocycles. The van der Waals surface area contributed by atoms with Crippen molar-refractivity contribution in [2.24, 2.45) is 4.99 Å². The van der Waals surface area contributed by atoms with E-state index in [1.54, 1.807) is 0 Å². The first-order valence-corrected chi connectivity index (χ1v) is 10.1. The fraction of sp³-hybridized carbons (Fsp3) is 0.500. The largest absolute Gasteiger partial charge is 0.486 e. The molecule has 1 aliphatic rings. The molecule has 2 N–H and O–H groups in total. The van der Waals surface area contributed by atoms with E-state index in [9.17, 15) is 0 Å². The lowest BCUT2D eigenvalue weighted by atomic mass is 10.2. The number of guanidine groups is 1. The number of hydrogen-bond donors (Lipinski definition) is 2. The van der Waals surface area contributed by atoms with Crippen molar-refractivity contribution in [1.29, 1.82) is 0 Å². The number of hydrogen-bond acceptors (Lipinski definition) is 4. The molecule has 1 aliphatic heterocycles. The number of aryl methyl sites for hydroxylation is 3. The van der Waals surface area contributed by atoms with E-state index in [-0.39, 0.29) is 0 Å². The van der Waals surface area contributed by atoms with E-state index in [0.29, 0.717) is 36.3 Å². The second kappa shape index (κ2) is 9.68. The van der Waals surface area contributed by atoms with Gasteiger partial charge in [-0.3, -0.25) is 4.68 Å². The number of halogens is 1. The summed E-state index contributed by atoms with van der Waals surface area (Å²) in [4.78, 5) is 4.66. The molecular weight excluding hydrogens is 378 g/mol. The minimum Gasteiger partial charge on any atom is -0.486 e. The van der Waals surface area contributed by atoms with E-state index >= 15 is 0 Å². The molecule has 0 radical (unpaired) electrons. The van der Waals surface area contributed by atoms with Crippen molar-refractivity contribution in [2.45, 2.75) is 40.3 Å². The van der Waals surface area contributed by atoms with Crippen molar-refractivity contribution >= 4 is 17.6 Å². The van der Waals surface area contributed by atoms with Crippen molar-refractivity contribution in [3.8, 4) is 11.5 Å². The molecule has 3 rings (SSSR count). The lowest BCUT2D eigenvalue weighted by Gasteiger charge is -2.20. The molecule has 0 fully saturated rings. The Labute approximate surface area is 171 Å². The molecule has 0 aliphatic carbocycles. The number of ether oxygens (including phenoxy) is 2. The van der Waals surface area contributed by atoms with Crippen LogP contribution in [-0.4, -0.2) is 42.0 Å². The van der Waals surface area contributed by atoms with Crippen LogP contribution in [0.5, 0.6) is 11.5 Å². The van der Waals surface area contributed by atoms with E-state index in [4.69, 9.17) is 21.1 Å². The Morgan fingerprint density at radius 1 is 1.21 bits per heavy atom. The second-order valence-electron chi connectivity index (χ2n) is 6.73. The summed E-state index contributed by atoms with van der Waals surface area (Å²) in [6.45, 7) is 10.2. The monoisotopic (exact) mass is 405 g/mol. The molecule has 2 heterocycles. The molecule has 0 saturated carbocycles. The number of nitrogens with one attached hydrogen (secondary N) is 2. The van der Waals surface area contributed by atoms with Crippen molar-refractivity contribution in [3.05, 3.63) is 40.2 Å². The van der Waals surface area contributed by atoms with E-state index in [0.717, 1.165) is 43.3 Å². The maximum absolute atomic E-state index is 6.31. The van der Waals surface area contributed by atoms with Gasteiger partial charge in [0.25, 0.3) is 0 Å². The van der Waals surface area contributed by atoms with Crippen LogP contribution in [0, 0.1) is 13.8 Å². The molecular formula is C20H28ClN5O2. The molecule has 7 nitrogen and oxygen atoms in total. The third kappa shape index (κ3) is 5.32. The molecule has 1 aromatic carbocycles. The Morgan fingerprint density at radius 2 is 2.04 bits per heavy atom. The van der Waals surface area contributed by atoms with Crippen LogP contribution in [0.1, 0.15) is 30.3 Å². The van der Waals surface area contributed by atoms with Crippen LogP contribution in [0.15, 0.2) is 23.2 Å². The zero-order valence-electron chi connectivity index (χ0n) is 16.7. The van der Waals surface area contributed by atoms with Gasteiger partial charge in [0.15, 0.2) is 17.5 Å². The molecule has 8 heteroatoms. The lowest BCUT2D eigenvalue weighted by molar-refractivity contribution is 0.171. The van der Waals surface area contributed by atoms with Gasteiger partial charge in [-0.05, 0) is 51.0 Å². The minimum absolute atomic E-state index is 0.503. The third-order valence-electron chi connectivity index (χ3n) is 4.36. The van der Waals surface area contributed by atoms with Gasteiger partial charge in [-0.15, -0.1) is 0 Å². The van der Waals surface area contributed by atoms with Gasteiger partial charge in [-0.2, -0.15) is 5.10 Å². The van der Waals surface area contributed by atoms with Crippen LogP contribution in [0.2, 0.25) is 5.02 Å². The Kier molecular flexibility index (Phi) is 7.03. The first-order valence-electron chi connectivity index (χ1n) is 9.68. The summed E-state index contributed by atoms with van der Waals surface area (Å²) >= 11 is 6.31. The van der Waals surface area contributed by atoms with Crippen molar-refractivity contribution in [1.82, 2.24) is 20.4 Å². The van der Waals surface area contributed by atoms with Crippen molar-refractivity contribution in [3.63, 3.8) is 0 Å². The number of nitrogens with zero attached hydrogens (tertiary/aromatic N) is 3. The fourth-order valence-electron chi connectivity index (χ4n) is 3.10. The summed E-state index contributed by atoms with van der Waals surface area (Å²) < 4.78 is 13.2. The van der Waals surface area contributed by atoms with Gasteiger partial charge in [-0.1, -0.05) is 11.6 Å². The van der Waals surface area contributed by atoms with Crippen LogP contribution in [0.4, 0.5) is 0 Å². The molecule has 0 spiro atoms. The van der Waals surface area contributed by atoms with Gasteiger partial charge >= 0.3 is 0 Å². The lowest BCUT2D eigenvalue weighted by Crippen LogP contribution is -2.38. The van der Waals surface area contributed by atoms with Gasteiger partial charge < -0.3 is 20.1 Å². The summed E-state index contributed by atoms with van der Waals surface area (Å²) in [5.41, 5.74) is 3.22. The highest BCUT2D eigenvalue weighted by Crippen LogP contribution is 2.38. The molecule has 2 aromatic rings. The zero-order chi connectivity index (χ0) is 19.9. The van der Waals surface area contributed by atoms with E-state index < -0.39 is 0 Å². The average molecular weight is 406 g/mol. The molecule has 0 amide bonds. The summed E-state index contributed by atoms with van der Waals surface area (Å²) in [7, 11) is 0. The highest BCUT2D eigenvalue weighted by atomic mass is 35.5. The third-order valence-corrected chi connectivity index (χ3v) is 4.64. The van der Waals surface area contributed by atoms with Crippen molar-refractivity contribution in [2.75, 3.05) is 26.3 Å². The van der Waals surface area contributed by atoms with Gasteiger partial charge in [0.2, 0.25) is 0 Å². The number of aliphatic imine (C=N–C) groups is 1. The normalized spacial score (nSPS) is 13.5. The van der Waals surface area contributed by atoms with Crippen molar-refractivity contribution < 1.29 is 9.47 Å². The summed E-state index contributed by atoms with van der Waals surface area (Å²) in [6, 6.07) is 5.92. The van der Waals surface area contributed by atoms with Gasteiger partial charge in [0.05, 0.1) is 17.3 Å². The van der Waals surface area contributed by atoms with E-state index in [1.807, 2.05) is 30.7 Å². The summed E-state index contributed by atoms with van der Waals surface area (Å²) in [5, 5.41) is 11.7. The highest BCUT2D eigenvalue weighted by Gasteiger charge is 2.16. The van der Waals surface area contributed by atoms with Crippen LogP contribution in [-0.2, 0) is 13.1 Å². The number of rotatable bonds is 7. The molecule has 152 valence electrons. The SMILES string of the molecule is CCNC(=NCc1cc(Cl)c2c(c1)OCCO2)NCCCn1nc(C)cc1C. The second-order valence-corrected chi connectivity index (χ2v) is 7.13. The van der Waals surface area contributed by atoms with Gasteiger partial charge in [0.1, 0.15) is 13.2 Å². The Hall–Kier alpha value is -2.41. The van der Waals surface area contributed by atoms with Crippen LogP contribution in [0.25, 0.3) is 0 Å². The van der Waals surface area contributed by atoms with Crippen LogP contribution >= 0.6 is 11.6 Å². The number of fused-ring (bicyclic) bond motifs is 1. The van der Waals surface area contributed by atoms with Crippen LogP contribution < -0.4 is 20.1 Å². The predicted molar refractivity (Wildman–Crippen MR) is 112 cm³/mol. The number of aromatic nitrogens is 2. The summed E-state index contributed by atoms with van der Waals surface area (Å²) in [5.74, 6) is 2.09. The molecule has 0 unspecified atom stereocenters. The first-order chi connectivity index (χ1) is 13.6. The predicted octanol–water partition coefficient (Wildman–Crippen LogP) is 3.07. The van der Waals surface area contributed by atoms with Gasteiger partial charge in [-0.25, -0.2) is 4.99 Å². The average Bonchev–Trinajstić information content (AvgIpc) is 3.00. The smallest absolute Gasteiger partial charge is 0.191 e. The zero-order valence-corrected chi connectivity index (χ0v) is 17.5. The maximum atomic E-state index is 6.31. The van der Waals surface area contributed by atoms with E-state index in [2.05, 4.69) is 33.7 Å². The first kappa shape index (κ1) is 20.3. The Balaban J connectivity index is 1.55. The molecule has 0 saturated heterocycles. The standard InChI is InChI=1S/C20H28ClN5O2/c1-4-22-20(23-6-5-7-26-15(3)10-14(2)25-26)24-13-16-11-17(21)19-18(12-16)27-8-9-28-19/h10-12H,4-9,13H2,1-3H3,(H2,22,23,24). The summed E-state index contributed by atoms with van der Waals surface area (Å²) in [6.07, 6.45) is 0.961. The fourth-order valence-corrected chi connectivity index (χ4v) is 3.39. The van der Waals surface area contributed by atoms with E-state index in [1.165, 1.54) is 5.69 Å². The minimum atomic E-state index is 0.503. The van der Waals surface area contributed by atoms with Crippen LogP contribution in [0.3, 0.4) is 0 Å². The molecule has 0 bridgehead atoms. The molecule has 28 heavy (non-hydrogen) atoms. The highest BCUT2D eigenvalue weighted by molar-refractivity contribution is 6.32. The Morgan fingerprint density at radius 3 is 2.79 bits per heavy atom. The topological polar surface area (TPSA) is 72.7 Å². The van der Waals surface area contributed by atoms with Gasteiger partial charge in [0, 0.05) is 25.3 Å². The number of benzene rings is 1. The quantitative estimate of drug-likeness (QED) is 0.420. The maximum Gasteiger partial charge on any atom is 0.191 e. The molecule has 0 atom stereocenters.